The van der Waals surface area contributed by atoms with Gasteiger partial charge in [0.25, 0.3) is 5.91 Å². The Balaban J connectivity index is 1.60. The van der Waals surface area contributed by atoms with Crippen molar-refractivity contribution in [3.05, 3.63) is 36.0 Å². The molecule has 1 saturated heterocycles. The Morgan fingerprint density at radius 2 is 1.72 bits per heavy atom. The number of pyridine rings is 1. The minimum absolute atomic E-state index is 0.00496. The first-order valence-corrected chi connectivity index (χ1v) is 8.92. The van der Waals surface area contributed by atoms with Crippen LogP contribution in [0.25, 0.3) is 0 Å². The van der Waals surface area contributed by atoms with Crippen LogP contribution >= 0.6 is 0 Å². The lowest BCUT2D eigenvalue weighted by atomic mass is 10.1. The molecule has 0 spiro atoms. The van der Waals surface area contributed by atoms with E-state index in [0.717, 1.165) is 31.6 Å². The van der Waals surface area contributed by atoms with E-state index in [2.05, 4.69) is 17.1 Å². The van der Waals surface area contributed by atoms with Gasteiger partial charge in [0.05, 0.1) is 5.56 Å². The number of hydrogen-bond donors (Lipinski definition) is 0. The minimum atomic E-state index is -0.00496. The van der Waals surface area contributed by atoms with Crippen LogP contribution < -0.4 is 4.90 Å². The predicted molar refractivity (Wildman–Crippen MR) is 97.5 cm³/mol. The number of aromatic nitrogens is 1. The van der Waals surface area contributed by atoms with E-state index in [9.17, 15) is 9.59 Å². The van der Waals surface area contributed by atoms with Crippen molar-refractivity contribution >= 4 is 17.6 Å². The highest BCUT2D eigenvalue weighted by Gasteiger charge is 2.27. The van der Waals surface area contributed by atoms with Crippen LogP contribution in [0, 0.1) is 5.92 Å². The summed E-state index contributed by atoms with van der Waals surface area (Å²) < 4.78 is 0. The van der Waals surface area contributed by atoms with Gasteiger partial charge in [-0.15, -0.1) is 0 Å². The van der Waals surface area contributed by atoms with Gasteiger partial charge in [0, 0.05) is 52.4 Å². The molecule has 1 fully saturated rings. The van der Waals surface area contributed by atoms with Gasteiger partial charge >= 0.3 is 0 Å². The Morgan fingerprint density at radius 1 is 1.04 bits per heavy atom. The number of hydrogen-bond acceptors (Lipinski definition) is 4. The van der Waals surface area contributed by atoms with Crippen molar-refractivity contribution in [1.29, 1.82) is 0 Å². The normalized spacial score (nSPS) is 18.3. The maximum Gasteiger partial charge on any atom is 0.255 e. The van der Waals surface area contributed by atoms with Crippen LogP contribution in [0.4, 0.5) is 5.82 Å². The first-order chi connectivity index (χ1) is 12.1. The van der Waals surface area contributed by atoms with Crippen molar-refractivity contribution < 1.29 is 9.59 Å². The second kappa shape index (κ2) is 7.68. The van der Waals surface area contributed by atoms with E-state index in [-0.39, 0.29) is 17.7 Å². The summed E-state index contributed by atoms with van der Waals surface area (Å²) in [5, 5.41) is 0. The van der Waals surface area contributed by atoms with E-state index in [1.54, 1.807) is 6.20 Å². The molecule has 2 heterocycles. The Morgan fingerprint density at radius 3 is 2.36 bits per heavy atom. The standard InChI is InChI=1S/C19H26N4O2/c1-21(2)17-9-8-16(14-20-17)19(25)23-11-5-10-22(12-13-23)18(24)15-6-3-4-7-15/h3-4,8-9,14-15H,5-7,10-13H2,1-2H3. The third kappa shape index (κ3) is 4.00. The number of carbonyl (C=O) groups is 2. The fourth-order valence-corrected chi connectivity index (χ4v) is 3.38. The number of allylic oxidation sites excluding steroid dienone is 2. The number of nitrogens with zero attached hydrogens (tertiary/aromatic N) is 4. The molecule has 0 saturated carbocycles. The van der Waals surface area contributed by atoms with Gasteiger partial charge in [0.2, 0.25) is 5.91 Å². The number of amides is 2. The number of rotatable bonds is 3. The van der Waals surface area contributed by atoms with Gasteiger partial charge in [-0.05, 0) is 31.4 Å². The minimum Gasteiger partial charge on any atom is -0.363 e. The molecule has 0 bridgehead atoms. The zero-order valence-corrected chi connectivity index (χ0v) is 15.0. The maximum atomic E-state index is 12.7. The summed E-state index contributed by atoms with van der Waals surface area (Å²) in [4.78, 5) is 35.3. The van der Waals surface area contributed by atoms with Crippen LogP contribution in [0.1, 0.15) is 29.6 Å². The summed E-state index contributed by atoms with van der Waals surface area (Å²) in [5.74, 6) is 1.16. The molecule has 0 aromatic carbocycles. The summed E-state index contributed by atoms with van der Waals surface area (Å²) in [5.41, 5.74) is 0.602. The van der Waals surface area contributed by atoms with E-state index >= 15 is 0 Å². The average molecular weight is 342 g/mol. The van der Waals surface area contributed by atoms with Gasteiger partial charge in [-0.3, -0.25) is 9.59 Å². The van der Waals surface area contributed by atoms with Gasteiger partial charge in [-0.2, -0.15) is 0 Å². The molecule has 1 aromatic heterocycles. The lowest BCUT2D eigenvalue weighted by molar-refractivity contribution is -0.135. The van der Waals surface area contributed by atoms with Crippen LogP contribution in [0.2, 0.25) is 0 Å². The van der Waals surface area contributed by atoms with Gasteiger partial charge in [0.1, 0.15) is 5.82 Å². The van der Waals surface area contributed by atoms with Crippen LogP contribution in [0.5, 0.6) is 0 Å². The van der Waals surface area contributed by atoms with E-state index in [1.807, 2.05) is 40.9 Å². The fraction of sp³-hybridized carbons (Fsp3) is 0.526. The summed E-state index contributed by atoms with van der Waals surface area (Å²) in [6.45, 7) is 2.61. The van der Waals surface area contributed by atoms with Crippen LogP contribution in [0.3, 0.4) is 0 Å². The van der Waals surface area contributed by atoms with Gasteiger partial charge < -0.3 is 14.7 Å². The second-order valence-electron chi connectivity index (χ2n) is 6.91. The molecule has 6 heteroatoms. The van der Waals surface area contributed by atoms with Crippen molar-refractivity contribution in [1.82, 2.24) is 14.8 Å². The van der Waals surface area contributed by atoms with Gasteiger partial charge in [-0.25, -0.2) is 4.98 Å². The topological polar surface area (TPSA) is 56.8 Å². The van der Waals surface area contributed by atoms with Crippen LogP contribution in [0.15, 0.2) is 30.5 Å². The second-order valence-corrected chi connectivity index (χ2v) is 6.91. The molecule has 0 radical (unpaired) electrons. The highest BCUT2D eigenvalue weighted by molar-refractivity contribution is 5.94. The Kier molecular flexibility index (Phi) is 5.36. The molecule has 0 unspecified atom stereocenters. The SMILES string of the molecule is CN(C)c1ccc(C(=O)N2CCCN(C(=O)C3CC=CC3)CC2)cn1. The molecule has 2 amide bonds. The van der Waals surface area contributed by atoms with Crippen molar-refractivity contribution in [2.75, 3.05) is 45.2 Å². The zero-order chi connectivity index (χ0) is 17.8. The van der Waals surface area contributed by atoms with E-state index in [1.165, 1.54) is 0 Å². The maximum absolute atomic E-state index is 12.7. The molecule has 1 aliphatic heterocycles. The molecule has 25 heavy (non-hydrogen) atoms. The lowest BCUT2D eigenvalue weighted by Gasteiger charge is -2.24. The fourth-order valence-electron chi connectivity index (χ4n) is 3.38. The monoisotopic (exact) mass is 342 g/mol. The molecule has 3 rings (SSSR count). The van der Waals surface area contributed by atoms with E-state index in [4.69, 9.17) is 0 Å². The molecule has 1 aromatic rings. The third-order valence-corrected chi connectivity index (χ3v) is 4.90. The molecule has 0 atom stereocenters. The predicted octanol–water partition coefficient (Wildman–Crippen LogP) is 1.79. The first kappa shape index (κ1) is 17.5. The molecule has 134 valence electrons. The number of carbonyl (C=O) groups excluding carboxylic acids is 2. The van der Waals surface area contributed by atoms with Gasteiger partial charge in [-0.1, -0.05) is 12.2 Å². The molecule has 6 nitrogen and oxygen atoms in total. The van der Waals surface area contributed by atoms with E-state index < -0.39 is 0 Å². The Bertz CT molecular complexity index is 646. The van der Waals surface area contributed by atoms with Crippen molar-refractivity contribution in [3.8, 4) is 0 Å². The zero-order valence-electron chi connectivity index (χ0n) is 15.0. The van der Waals surface area contributed by atoms with Crippen LogP contribution in [-0.2, 0) is 4.79 Å². The quantitative estimate of drug-likeness (QED) is 0.786. The lowest BCUT2D eigenvalue weighted by Crippen LogP contribution is -2.39. The Hall–Kier alpha value is -2.37. The summed E-state index contributed by atoms with van der Waals surface area (Å²) in [6.07, 6.45) is 8.32. The summed E-state index contributed by atoms with van der Waals surface area (Å²) >= 11 is 0. The highest BCUT2D eigenvalue weighted by atomic mass is 16.2. The van der Waals surface area contributed by atoms with Crippen molar-refractivity contribution in [3.63, 3.8) is 0 Å². The Labute approximate surface area is 149 Å². The van der Waals surface area contributed by atoms with Gasteiger partial charge in [0.15, 0.2) is 0 Å². The average Bonchev–Trinajstić information content (AvgIpc) is 3.05. The number of anilines is 1. The molecular weight excluding hydrogens is 316 g/mol. The van der Waals surface area contributed by atoms with Crippen molar-refractivity contribution in [2.24, 2.45) is 5.92 Å². The molecule has 1 aliphatic carbocycles. The molecule has 0 N–H and O–H groups in total. The molecular formula is C19H26N4O2. The highest BCUT2D eigenvalue weighted by Crippen LogP contribution is 2.21. The summed E-state index contributed by atoms with van der Waals surface area (Å²) in [7, 11) is 3.84. The van der Waals surface area contributed by atoms with Crippen LogP contribution in [-0.4, -0.2) is 66.9 Å². The van der Waals surface area contributed by atoms with E-state index in [0.29, 0.717) is 25.2 Å². The largest absolute Gasteiger partial charge is 0.363 e. The summed E-state index contributed by atoms with van der Waals surface area (Å²) in [6, 6.07) is 3.68. The van der Waals surface area contributed by atoms with Crippen molar-refractivity contribution in [2.45, 2.75) is 19.3 Å². The molecule has 2 aliphatic rings. The smallest absolute Gasteiger partial charge is 0.255 e. The third-order valence-electron chi connectivity index (χ3n) is 4.90. The first-order valence-electron chi connectivity index (χ1n) is 8.92.